The van der Waals surface area contributed by atoms with Gasteiger partial charge >= 0.3 is 0 Å². The average molecular weight is 264 g/mol. The summed E-state index contributed by atoms with van der Waals surface area (Å²) in [7, 11) is -6.34. The number of unbranched alkanes of at least 4 members (excludes halogenated alkanes) is 1. The largest absolute Gasteiger partial charge is 0.224 e. The Labute approximate surface area is 97.2 Å². The Morgan fingerprint density at radius 3 is 1.94 bits per heavy atom. The van der Waals surface area contributed by atoms with Crippen LogP contribution in [-0.2, 0) is 19.7 Å². The molecule has 92 valence electrons. The van der Waals surface area contributed by atoms with E-state index in [2.05, 4.69) is 13.2 Å². The van der Waals surface area contributed by atoms with E-state index in [4.69, 9.17) is 0 Å². The molecule has 0 N–H and O–H groups in total. The summed E-state index contributed by atoms with van der Waals surface area (Å²) < 4.78 is 43.9. The van der Waals surface area contributed by atoms with Gasteiger partial charge in [-0.05, 0) is 12.8 Å². The maximum Gasteiger partial charge on any atom is 0.174 e. The van der Waals surface area contributed by atoms with Crippen LogP contribution in [0.2, 0.25) is 0 Å². The molecule has 16 heavy (non-hydrogen) atoms. The quantitative estimate of drug-likeness (QED) is 0.491. The smallest absolute Gasteiger partial charge is 0.174 e. The highest BCUT2D eigenvalue weighted by molar-refractivity contribution is 7.94. The molecule has 0 rings (SSSR count). The van der Waals surface area contributed by atoms with Gasteiger partial charge in [0, 0.05) is 10.8 Å². The van der Waals surface area contributed by atoms with Gasteiger partial charge in [-0.3, -0.25) is 0 Å². The third-order valence-electron chi connectivity index (χ3n) is 1.80. The van der Waals surface area contributed by atoms with Crippen LogP contribution in [0.4, 0.5) is 0 Å². The van der Waals surface area contributed by atoms with Crippen molar-refractivity contribution in [3.8, 4) is 0 Å². The zero-order chi connectivity index (χ0) is 12.7. The highest BCUT2D eigenvalue weighted by Crippen LogP contribution is 2.00. The molecule has 0 aliphatic rings. The van der Waals surface area contributed by atoms with E-state index < -0.39 is 19.7 Å². The van der Waals surface area contributed by atoms with Crippen LogP contribution < -0.4 is 0 Å². The van der Waals surface area contributed by atoms with Gasteiger partial charge in [0.25, 0.3) is 0 Å². The molecule has 4 nitrogen and oxygen atoms in total. The highest BCUT2D eigenvalue weighted by atomic mass is 32.2. The van der Waals surface area contributed by atoms with E-state index in [1.807, 2.05) is 0 Å². The zero-order valence-corrected chi connectivity index (χ0v) is 10.6. The second kappa shape index (κ2) is 6.65. The average Bonchev–Trinajstić information content (AvgIpc) is 2.23. The molecule has 0 aliphatic carbocycles. The molecule has 0 saturated carbocycles. The van der Waals surface area contributed by atoms with Crippen molar-refractivity contribution in [1.29, 1.82) is 0 Å². The Morgan fingerprint density at radius 2 is 1.44 bits per heavy atom. The lowest BCUT2D eigenvalue weighted by molar-refractivity contribution is 0.601. The van der Waals surface area contributed by atoms with Gasteiger partial charge < -0.3 is 0 Å². The van der Waals surface area contributed by atoms with Gasteiger partial charge in [0.05, 0.1) is 11.5 Å². The molecule has 0 amide bonds. The minimum absolute atomic E-state index is 0.0368. The van der Waals surface area contributed by atoms with E-state index in [0.717, 1.165) is 10.8 Å². The fourth-order valence-corrected chi connectivity index (χ4v) is 2.15. The Kier molecular flexibility index (Phi) is 6.28. The molecule has 0 fully saturated rings. The maximum atomic E-state index is 11.0. The molecule has 0 aliphatic heterocycles. The fraction of sp³-hybridized carbons (Fsp3) is 0.400. The second-order valence-corrected chi connectivity index (χ2v) is 7.20. The third kappa shape index (κ3) is 7.42. The van der Waals surface area contributed by atoms with Gasteiger partial charge in [0.1, 0.15) is 0 Å². The summed E-state index contributed by atoms with van der Waals surface area (Å²) >= 11 is 0. The summed E-state index contributed by atoms with van der Waals surface area (Å²) in [5.74, 6) is -0.0558. The molecule has 0 heterocycles. The van der Waals surface area contributed by atoms with Crippen LogP contribution in [0.25, 0.3) is 0 Å². The third-order valence-corrected chi connectivity index (χ3v) is 4.33. The van der Waals surface area contributed by atoms with Crippen LogP contribution in [0.1, 0.15) is 12.8 Å². The summed E-state index contributed by atoms with van der Waals surface area (Å²) in [4.78, 5) is 0. The van der Waals surface area contributed by atoms with Crippen LogP contribution in [0.5, 0.6) is 0 Å². The normalized spacial score (nSPS) is 12.8. The molecule has 0 bridgehead atoms. The molecule has 0 aromatic rings. The summed E-state index contributed by atoms with van der Waals surface area (Å²) in [6.45, 7) is 6.37. The molecule has 0 spiro atoms. The van der Waals surface area contributed by atoms with E-state index in [-0.39, 0.29) is 11.5 Å². The van der Waals surface area contributed by atoms with Crippen molar-refractivity contribution in [2.45, 2.75) is 12.8 Å². The summed E-state index contributed by atoms with van der Waals surface area (Å²) in [5.41, 5.74) is 0. The summed E-state index contributed by atoms with van der Waals surface area (Å²) in [6, 6.07) is 0. The number of hydrogen-bond acceptors (Lipinski definition) is 4. The minimum Gasteiger partial charge on any atom is -0.224 e. The molecule has 0 saturated heterocycles. The topological polar surface area (TPSA) is 68.3 Å². The molecule has 0 aromatic heterocycles. The van der Waals surface area contributed by atoms with Crippen molar-refractivity contribution < 1.29 is 16.8 Å². The SMILES string of the molecule is C=CS(=O)(=O)CC=CCCCS(=O)(=O)C=C. The van der Waals surface area contributed by atoms with E-state index in [0.29, 0.717) is 12.8 Å². The van der Waals surface area contributed by atoms with E-state index in [1.165, 1.54) is 6.08 Å². The summed E-state index contributed by atoms with van der Waals surface area (Å²) in [5, 5.41) is 1.83. The van der Waals surface area contributed by atoms with Gasteiger partial charge in [0.2, 0.25) is 0 Å². The Bertz CT molecular complexity index is 455. The lowest BCUT2D eigenvalue weighted by atomic mass is 10.3. The molecule has 0 unspecified atom stereocenters. The van der Waals surface area contributed by atoms with E-state index in [9.17, 15) is 16.8 Å². The van der Waals surface area contributed by atoms with Crippen molar-refractivity contribution in [2.24, 2.45) is 0 Å². The number of hydrogen-bond donors (Lipinski definition) is 0. The molecule has 0 atom stereocenters. The van der Waals surface area contributed by atoms with Gasteiger partial charge in [0.15, 0.2) is 19.7 Å². The van der Waals surface area contributed by atoms with Gasteiger partial charge in [-0.25, -0.2) is 16.8 Å². The Hall–Kier alpha value is -0.880. The minimum atomic E-state index is -3.20. The predicted octanol–water partition coefficient (Wildman–Crippen LogP) is 1.44. The molecular formula is C10H16O4S2. The molecular weight excluding hydrogens is 248 g/mol. The molecule has 0 aromatic carbocycles. The standard InChI is InChI=1S/C10H16O4S2/c1-3-15(11,12)9-7-5-6-8-10-16(13,14)4-2/h3-5,7H,1-2,6,8-10H2. The first-order valence-electron chi connectivity index (χ1n) is 4.68. The van der Waals surface area contributed by atoms with Crippen LogP contribution in [0.3, 0.4) is 0 Å². The second-order valence-electron chi connectivity index (χ2n) is 3.14. The van der Waals surface area contributed by atoms with Crippen molar-refractivity contribution in [3.63, 3.8) is 0 Å². The Balaban J connectivity index is 3.89. The lowest BCUT2D eigenvalue weighted by Gasteiger charge is -1.95. The lowest BCUT2D eigenvalue weighted by Crippen LogP contribution is -2.01. The van der Waals surface area contributed by atoms with Crippen LogP contribution in [0.15, 0.2) is 36.1 Å². The number of sulfone groups is 2. The van der Waals surface area contributed by atoms with Crippen molar-refractivity contribution in [1.82, 2.24) is 0 Å². The van der Waals surface area contributed by atoms with E-state index in [1.54, 1.807) is 6.08 Å². The van der Waals surface area contributed by atoms with Crippen molar-refractivity contribution in [3.05, 3.63) is 36.1 Å². The van der Waals surface area contributed by atoms with Crippen LogP contribution in [0, 0.1) is 0 Å². The predicted molar refractivity (Wildman–Crippen MR) is 66.3 cm³/mol. The first kappa shape index (κ1) is 15.1. The van der Waals surface area contributed by atoms with Crippen LogP contribution >= 0.6 is 0 Å². The van der Waals surface area contributed by atoms with Gasteiger partial charge in [-0.1, -0.05) is 25.3 Å². The molecule has 0 radical (unpaired) electrons. The van der Waals surface area contributed by atoms with Crippen molar-refractivity contribution >= 4 is 19.7 Å². The van der Waals surface area contributed by atoms with Gasteiger partial charge in [-0.15, -0.1) is 0 Å². The maximum absolute atomic E-state index is 11.0. The zero-order valence-electron chi connectivity index (χ0n) is 9.00. The van der Waals surface area contributed by atoms with Crippen molar-refractivity contribution in [2.75, 3.05) is 11.5 Å². The Morgan fingerprint density at radius 1 is 0.875 bits per heavy atom. The fourth-order valence-electron chi connectivity index (χ4n) is 0.874. The number of allylic oxidation sites excluding steroid dienone is 1. The first-order valence-corrected chi connectivity index (χ1v) is 8.11. The summed E-state index contributed by atoms with van der Waals surface area (Å²) in [6.07, 6.45) is 4.13. The first-order chi connectivity index (χ1) is 7.33. The highest BCUT2D eigenvalue weighted by Gasteiger charge is 2.03. The van der Waals surface area contributed by atoms with E-state index >= 15 is 0 Å². The molecule has 6 heteroatoms. The van der Waals surface area contributed by atoms with Crippen LogP contribution in [-0.4, -0.2) is 28.3 Å². The number of rotatable bonds is 8. The monoisotopic (exact) mass is 264 g/mol. The van der Waals surface area contributed by atoms with Gasteiger partial charge in [-0.2, -0.15) is 0 Å².